The number of amides is 2. The molecule has 0 aliphatic carbocycles. The van der Waals surface area contributed by atoms with Gasteiger partial charge in [0.15, 0.2) is 11.5 Å². The zero-order valence-electron chi connectivity index (χ0n) is 17.0. The highest BCUT2D eigenvalue weighted by molar-refractivity contribution is 7.99. The van der Waals surface area contributed by atoms with Gasteiger partial charge in [-0.2, -0.15) is 0 Å². The zero-order chi connectivity index (χ0) is 21.1. The van der Waals surface area contributed by atoms with Crippen molar-refractivity contribution < 1.29 is 19.1 Å². The molecule has 6 nitrogen and oxygen atoms in total. The van der Waals surface area contributed by atoms with E-state index >= 15 is 0 Å². The molecule has 0 aromatic heterocycles. The summed E-state index contributed by atoms with van der Waals surface area (Å²) >= 11 is 1.58. The summed E-state index contributed by atoms with van der Waals surface area (Å²) in [5, 5.41) is 2.94. The second-order valence-electron chi connectivity index (χ2n) is 7.35. The lowest BCUT2D eigenvalue weighted by Crippen LogP contribution is -2.43. The van der Waals surface area contributed by atoms with Crippen molar-refractivity contribution in [3.8, 4) is 11.5 Å². The van der Waals surface area contributed by atoms with Crippen LogP contribution in [0.25, 0.3) is 6.08 Å². The molecule has 0 bridgehead atoms. The van der Waals surface area contributed by atoms with Gasteiger partial charge in [-0.1, -0.05) is 12.1 Å². The summed E-state index contributed by atoms with van der Waals surface area (Å²) in [5.74, 6) is 2.12. The molecule has 0 radical (unpaired) electrons. The van der Waals surface area contributed by atoms with E-state index in [0.717, 1.165) is 16.8 Å². The van der Waals surface area contributed by atoms with Crippen LogP contribution in [0.5, 0.6) is 11.5 Å². The third-order valence-corrected chi connectivity index (χ3v) is 6.24. The summed E-state index contributed by atoms with van der Waals surface area (Å²) in [5.41, 5.74) is 3.88. The van der Waals surface area contributed by atoms with Crippen molar-refractivity contribution in [2.24, 2.45) is 0 Å². The molecular weight excluding hydrogens is 400 g/mol. The highest BCUT2D eigenvalue weighted by Crippen LogP contribution is 2.31. The first-order valence-electron chi connectivity index (χ1n) is 9.85. The number of ether oxygens (including phenoxy) is 2. The molecule has 2 aromatic rings. The van der Waals surface area contributed by atoms with E-state index in [4.69, 9.17) is 9.47 Å². The van der Waals surface area contributed by atoms with E-state index in [-0.39, 0.29) is 11.8 Å². The van der Waals surface area contributed by atoms with Crippen LogP contribution in [-0.2, 0) is 9.59 Å². The van der Waals surface area contributed by atoms with Gasteiger partial charge in [0.1, 0.15) is 19.3 Å². The molecule has 30 heavy (non-hydrogen) atoms. The number of benzene rings is 2. The van der Waals surface area contributed by atoms with Crippen LogP contribution in [-0.4, -0.2) is 47.6 Å². The van der Waals surface area contributed by atoms with Gasteiger partial charge in [0, 0.05) is 17.5 Å². The second-order valence-corrected chi connectivity index (χ2v) is 8.35. The van der Waals surface area contributed by atoms with Crippen molar-refractivity contribution in [1.82, 2.24) is 4.90 Å². The summed E-state index contributed by atoms with van der Waals surface area (Å²) in [7, 11) is 0. The van der Waals surface area contributed by atoms with E-state index < -0.39 is 6.04 Å². The Hall–Kier alpha value is -2.93. The predicted octanol–water partition coefficient (Wildman–Crippen LogP) is 3.63. The SMILES string of the molecule is Cc1ccc(NC(=O)C2CSCN2C(=O)/C=C/c2ccc3c(c2)OCCO3)cc1C. The Kier molecular flexibility index (Phi) is 5.99. The Morgan fingerprint density at radius 3 is 2.67 bits per heavy atom. The first-order chi connectivity index (χ1) is 14.5. The molecule has 1 fully saturated rings. The zero-order valence-corrected chi connectivity index (χ0v) is 17.8. The van der Waals surface area contributed by atoms with Crippen LogP contribution in [0.1, 0.15) is 16.7 Å². The number of rotatable bonds is 4. The second kappa shape index (κ2) is 8.83. The highest BCUT2D eigenvalue weighted by Gasteiger charge is 2.33. The Morgan fingerprint density at radius 2 is 1.87 bits per heavy atom. The fraction of sp³-hybridized carbons (Fsp3) is 0.304. The highest BCUT2D eigenvalue weighted by atomic mass is 32.2. The minimum Gasteiger partial charge on any atom is -0.486 e. The minimum absolute atomic E-state index is 0.163. The molecule has 0 saturated carbocycles. The molecule has 7 heteroatoms. The van der Waals surface area contributed by atoms with Crippen LogP contribution >= 0.6 is 11.8 Å². The van der Waals surface area contributed by atoms with Crippen LogP contribution in [0.15, 0.2) is 42.5 Å². The molecule has 1 unspecified atom stereocenters. The number of fused-ring (bicyclic) bond motifs is 1. The molecule has 1 N–H and O–H groups in total. The lowest BCUT2D eigenvalue weighted by atomic mass is 10.1. The average molecular weight is 425 g/mol. The van der Waals surface area contributed by atoms with Crippen molar-refractivity contribution in [2.45, 2.75) is 19.9 Å². The van der Waals surface area contributed by atoms with Crippen LogP contribution in [0.2, 0.25) is 0 Å². The largest absolute Gasteiger partial charge is 0.486 e. The summed E-state index contributed by atoms with van der Waals surface area (Å²) in [6.07, 6.45) is 3.25. The Bertz CT molecular complexity index is 1000. The number of carbonyl (C=O) groups is 2. The normalized spacial score (nSPS) is 17.9. The van der Waals surface area contributed by atoms with Crippen molar-refractivity contribution in [3.63, 3.8) is 0 Å². The van der Waals surface area contributed by atoms with Gasteiger partial charge >= 0.3 is 0 Å². The van der Waals surface area contributed by atoms with Gasteiger partial charge in [-0.25, -0.2) is 0 Å². The van der Waals surface area contributed by atoms with Crippen LogP contribution < -0.4 is 14.8 Å². The molecule has 0 spiro atoms. The molecule has 156 valence electrons. The summed E-state index contributed by atoms with van der Waals surface area (Å²) in [6, 6.07) is 10.9. The Morgan fingerprint density at radius 1 is 1.07 bits per heavy atom. The lowest BCUT2D eigenvalue weighted by Gasteiger charge is -2.22. The van der Waals surface area contributed by atoms with Crippen LogP contribution in [0, 0.1) is 13.8 Å². The average Bonchev–Trinajstić information content (AvgIpc) is 3.25. The molecule has 2 aliphatic heterocycles. The third kappa shape index (κ3) is 4.46. The number of nitrogens with zero attached hydrogens (tertiary/aromatic N) is 1. The van der Waals surface area contributed by atoms with Crippen molar-refractivity contribution >= 4 is 35.3 Å². The first kappa shape index (κ1) is 20.3. The number of carbonyl (C=O) groups excluding carboxylic acids is 2. The molecule has 1 saturated heterocycles. The van der Waals surface area contributed by atoms with Gasteiger partial charge < -0.3 is 19.7 Å². The molecule has 2 aromatic carbocycles. The smallest absolute Gasteiger partial charge is 0.248 e. The van der Waals surface area contributed by atoms with E-state index in [1.807, 2.05) is 50.2 Å². The molecule has 1 atom stereocenters. The van der Waals surface area contributed by atoms with Crippen molar-refractivity contribution in [1.29, 1.82) is 0 Å². The Balaban J connectivity index is 1.42. The summed E-state index contributed by atoms with van der Waals surface area (Å²) in [6.45, 7) is 5.10. The van der Waals surface area contributed by atoms with Gasteiger partial charge in [-0.3, -0.25) is 9.59 Å². The maximum Gasteiger partial charge on any atom is 0.248 e. The van der Waals surface area contributed by atoms with E-state index in [2.05, 4.69) is 5.32 Å². The number of hydrogen-bond donors (Lipinski definition) is 1. The molecule has 2 amide bonds. The van der Waals surface area contributed by atoms with Crippen molar-refractivity contribution in [3.05, 3.63) is 59.2 Å². The van der Waals surface area contributed by atoms with Crippen molar-refractivity contribution in [2.75, 3.05) is 30.2 Å². The van der Waals surface area contributed by atoms with Gasteiger partial charge in [-0.05, 0) is 60.9 Å². The summed E-state index contributed by atoms with van der Waals surface area (Å²) in [4.78, 5) is 27.2. The fourth-order valence-electron chi connectivity index (χ4n) is 3.35. The number of thioether (sulfide) groups is 1. The number of nitrogens with one attached hydrogen (secondary N) is 1. The van der Waals surface area contributed by atoms with Gasteiger partial charge in [0.25, 0.3) is 0 Å². The Labute approximate surface area is 180 Å². The van der Waals surface area contributed by atoms with E-state index in [0.29, 0.717) is 36.3 Å². The third-order valence-electron chi connectivity index (χ3n) is 5.23. The monoisotopic (exact) mass is 424 g/mol. The van der Waals surface area contributed by atoms with Gasteiger partial charge in [0.2, 0.25) is 11.8 Å². The first-order valence-corrected chi connectivity index (χ1v) is 11.0. The predicted molar refractivity (Wildman–Crippen MR) is 119 cm³/mol. The minimum atomic E-state index is -0.492. The van der Waals surface area contributed by atoms with E-state index in [1.165, 1.54) is 11.6 Å². The molecular formula is C23H24N2O4S. The van der Waals surface area contributed by atoms with Crippen LogP contribution in [0.4, 0.5) is 5.69 Å². The molecule has 2 aliphatic rings. The number of aryl methyl sites for hydroxylation is 2. The van der Waals surface area contributed by atoms with Gasteiger partial charge in [-0.15, -0.1) is 11.8 Å². The number of hydrogen-bond acceptors (Lipinski definition) is 5. The fourth-order valence-corrected chi connectivity index (χ4v) is 4.51. The molecule has 2 heterocycles. The van der Waals surface area contributed by atoms with E-state index in [9.17, 15) is 9.59 Å². The maximum atomic E-state index is 12.8. The number of anilines is 1. The quantitative estimate of drug-likeness (QED) is 0.760. The molecule has 4 rings (SSSR count). The standard InChI is InChI=1S/C23H24N2O4S/c1-15-3-6-18(11-16(15)2)24-23(27)19-13-30-14-25(19)22(26)8-5-17-4-7-20-21(12-17)29-10-9-28-20/h3-8,11-12,19H,9-10,13-14H2,1-2H3,(H,24,27)/b8-5+. The van der Waals surface area contributed by atoms with E-state index in [1.54, 1.807) is 22.7 Å². The topological polar surface area (TPSA) is 67.9 Å². The van der Waals surface area contributed by atoms with Gasteiger partial charge in [0.05, 0.1) is 5.88 Å². The van der Waals surface area contributed by atoms with Crippen LogP contribution in [0.3, 0.4) is 0 Å². The lowest BCUT2D eigenvalue weighted by molar-refractivity contribution is -0.132. The maximum absolute atomic E-state index is 12.8. The summed E-state index contributed by atoms with van der Waals surface area (Å²) < 4.78 is 11.1.